The van der Waals surface area contributed by atoms with Crippen LogP contribution in [-0.2, 0) is 14.4 Å². The molecule has 10 heteroatoms. The first kappa shape index (κ1) is 25.3. The Morgan fingerprint density at radius 3 is 2.46 bits per heavy atom. The number of anilines is 1. The highest BCUT2D eigenvalue weighted by Crippen LogP contribution is 2.36. The molecule has 0 aliphatic carbocycles. The predicted molar refractivity (Wildman–Crippen MR) is 157 cm³/mol. The van der Waals surface area contributed by atoms with Crippen LogP contribution >= 0.6 is 15.9 Å². The molecule has 3 aliphatic rings. The Morgan fingerprint density at radius 2 is 1.63 bits per heavy atom. The highest BCUT2D eigenvalue weighted by atomic mass is 79.9. The zero-order chi connectivity index (χ0) is 28.1. The monoisotopic (exact) mass is 606 g/mol. The summed E-state index contributed by atoms with van der Waals surface area (Å²) in [6.45, 7) is -0.244. The Hall–Kier alpha value is -4.70. The van der Waals surface area contributed by atoms with Gasteiger partial charge in [-0.25, -0.2) is 9.91 Å². The standard InChI is InChI=1S/C31H23BrN6O3/c32-21-12-7-13-22(16-21)37-30(40)28-29(31(37)41)36(35-33-28)18-27(39)38-26(20-9-2-1-3-10-20)17-25(34-38)24-15-6-11-19-8-4-5-14-23(19)24/h1-16,26,28-29H,17-18H2/t26-,28-,29+/m0/s1. The molecule has 0 unspecified atom stereocenters. The van der Waals surface area contributed by atoms with E-state index in [0.29, 0.717) is 12.1 Å². The number of hydrazone groups is 1. The van der Waals surface area contributed by atoms with Crippen LogP contribution in [0.25, 0.3) is 10.8 Å². The normalized spacial score (nSPS) is 21.6. The van der Waals surface area contributed by atoms with E-state index in [-0.39, 0.29) is 18.5 Å². The largest absolute Gasteiger partial charge is 0.271 e. The summed E-state index contributed by atoms with van der Waals surface area (Å²) in [5.74, 6) is -1.26. The molecule has 4 aromatic rings. The van der Waals surface area contributed by atoms with E-state index in [1.807, 2.05) is 60.7 Å². The summed E-state index contributed by atoms with van der Waals surface area (Å²) in [7, 11) is 0. The number of hydrogen-bond donors (Lipinski definition) is 0. The van der Waals surface area contributed by atoms with E-state index < -0.39 is 23.9 Å². The molecule has 1 saturated heterocycles. The molecule has 4 aromatic carbocycles. The van der Waals surface area contributed by atoms with E-state index in [2.05, 4.69) is 44.5 Å². The van der Waals surface area contributed by atoms with Gasteiger partial charge in [-0.1, -0.05) is 100 Å². The van der Waals surface area contributed by atoms with Crippen LogP contribution in [-0.4, -0.2) is 52.1 Å². The van der Waals surface area contributed by atoms with Crippen LogP contribution < -0.4 is 4.90 Å². The molecule has 0 bridgehead atoms. The smallest absolute Gasteiger partial charge is 0.264 e. The van der Waals surface area contributed by atoms with Gasteiger partial charge in [0.25, 0.3) is 17.7 Å². The van der Waals surface area contributed by atoms with Crippen LogP contribution in [0, 0.1) is 0 Å². The van der Waals surface area contributed by atoms with Crippen molar-refractivity contribution >= 4 is 55.8 Å². The lowest BCUT2D eigenvalue weighted by molar-refractivity contribution is -0.135. The maximum atomic E-state index is 13.9. The van der Waals surface area contributed by atoms with Gasteiger partial charge in [0.2, 0.25) is 0 Å². The Labute approximate surface area is 243 Å². The quantitative estimate of drug-likeness (QED) is 0.289. The van der Waals surface area contributed by atoms with Crippen LogP contribution in [0.3, 0.4) is 0 Å². The van der Waals surface area contributed by atoms with E-state index >= 15 is 0 Å². The van der Waals surface area contributed by atoms with E-state index in [4.69, 9.17) is 5.10 Å². The van der Waals surface area contributed by atoms with Crippen LogP contribution in [0.1, 0.15) is 23.6 Å². The van der Waals surface area contributed by atoms with Gasteiger partial charge in [-0.05, 0) is 34.5 Å². The molecule has 41 heavy (non-hydrogen) atoms. The topological polar surface area (TPSA) is 98.0 Å². The van der Waals surface area contributed by atoms with E-state index in [1.54, 1.807) is 18.2 Å². The van der Waals surface area contributed by atoms with Crippen molar-refractivity contribution in [2.24, 2.45) is 15.4 Å². The Kier molecular flexibility index (Phi) is 6.19. The van der Waals surface area contributed by atoms with Crippen molar-refractivity contribution in [2.75, 3.05) is 11.4 Å². The highest BCUT2D eigenvalue weighted by molar-refractivity contribution is 9.10. The zero-order valence-electron chi connectivity index (χ0n) is 21.7. The number of hydrogen-bond acceptors (Lipinski definition) is 7. The molecular formula is C31H23BrN6O3. The summed E-state index contributed by atoms with van der Waals surface area (Å²) in [5.41, 5.74) is 3.17. The molecule has 1 fully saturated rings. The summed E-state index contributed by atoms with van der Waals surface area (Å²) in [6, 6.07) is 28.6. The number of carbonyl (C=O) groups excluding carboxylic acids is 3. The molecule has 0 aromatic heterocycles. The first-order valence-electron chi connectivity index (χ1n) is 13.2. The SMILES string of the molecule is O=C1[C@H]2N=NN(CC(=O)N3N=C(c4cccc5ccccc45)C[C@H]3c3ccccc3)[C@H]2C(=O)N1c1cccc(Br)c1. The van der Waals surface area contributed by atoms with Gasteiger partial charge < -0.3 is 0 Å². The van der Waals surface area contributed by atoms with Gasteiger partial charge in [0, 0.05) is 16.5 Å². The maximum Gasteiger partial charge on any atom is 0.264 e. The van der Waals surface area contributed by atoms with Gasteiger partial charge in [0.05, 0.1) is 17.4 Å². The molecule has 0 N–H and O–H groups in total. The summed E-state index contributed by atoms with van der Waals surface area (Å²) in [6.07, 6.45) is 0.533. The second-order valence-corrected chi connectivity index (χ2v) is 11.0. The number of benzene rings is 4. The first-order valence-corrected chi connectivity index (χ1v) is 14.0. The number of amides is 3. The fraction of sp³-hybridized carbons (Fsp3) is 0.161. The van der Waals surface area contributed by atoms with Crippen LogP contribution in [0.4, 0.5) is 5.69 Å². The fourth-order valence-electron chi connectivity index (χ4n) is 5.75. The molecule has 3 atom stereocenters. The van der Waals surface area contributed by atoms with E-state index in [9.17, 15) is 14.4 Å². The lowest BCUT2D eigenvalue weighted by Crippen LogP contribution is -2.44. The minimum atomic E-state index is -0.993. The summed E-state index contributed by atoms with van der Waals surface area (Å²) in [5, 5.41) is 18.0. The molecule has 0 spiro atoms. The average Bonchev–Trinajstić information content (AvgIpc) is 3.68. The summed E-state index contributed by atoms with van der Waals surface area (Å²) >= 11 is 3.39. The molecule has 3 aliphatic heterocycles. The van der Waals surface area contributed by atoms with Crippen molar-refractivity contribution in [2.45, 2.75) is 24.5 Å². The van der Waals surface area contributed by atoms with Crippen LogP contribution in [0.2, 0.25) is 0 Å². The minimum absolute atomic E-state index is 0.244. The van der Waals surface area contributed by atoms with Crippen molar-refractivity contribution in [1.29, 1.82) is 0 Å². The van der Waals surface area contributed by atoms with E-state index in [1.165, 1.54) is 10.0 Å². The molecular weight excluding hydrogens is 584 g/mol. The van der Waals surface area contributed by atoms with Crippen molar-refractivity contribution in [3.63, 3.8) is 0 Å². The number of halogens is 1. The maximum absolute atomic E-state index is 13.9. The van der Waals surface area contributed by atoms with Crippen LogP contribution in [0.5, 0.6) is 0 Å². The molecule has 202 valence electrons. The Bertz CT molecular complexity index is 1770. The number of imide groups is 1. The molecule has 3 heterocycles. The number of carbonyl (C=O) groups is 3. The second kappa shape index (κ2) is 10.0. The molecule has 0 saturated carbocycles. The number of nitrogens with zero attached hydrogens (tertiary/aromatic N) is 6. The lowest BCUT2D eigenvalue weighted by Gasteiger charge is -2.25. The van der Waals surface area contributed by atoms with Crippen LogP contribution in [0.15, 0.2) is 117 Å². The van der Waals surface area contributed by atoms with Crippen molar-refractivity contribution in [1.82, 2.24) is 10.0 Å². The fourth-order valence-corrected chi connectivity index (χ4v) is 6.14. The lowest BCUT2D eigenvalue weighted by atomic mass is 9.95. The Balaban J connectivity index is 1.19. The predicted octanol–water partition coefficient (Wildman–Crippen LogP) is 5.27. The third kappa shape index (κ3) is 4.31. The highest BCUT2D eigenvalue weighted by Gasteiger charge is 2.55. The average molecular weight is 607 g/mol. The van der Waals surface area contributed by atoms with Crippen molar-refractivity contribution < 1.29 is 14.4 Å². The number of rotatable bonds is 5. The van der Waals surface area contributed by atoms with Crippen molar-refractivity contribution in [3.8, 4) is 0 Å². The summed E-state index contributed by atoms with van der Waals surface area (Å²) in [4.78, 5) is 41.6. The molecule has 0 radical (unpaired) electrons. The molecule has 3 amide bonds. The zero-order valence-corrected chi connectivity index (χ0v) is 23.3. The van der Waals surface area contributed by atoms with Gasteiger partial charge in [0.1, 0.15) is 6.54 Å². The van der Waals surface area contributed by atoms with Gasteiger partial charge in [-0.3, -0.25) is 19.4 Å². The summed E-state index contributed by atoms with van der Waals surface area (Å²) < 4.78 is 0.738. The van der Waals surface area contributed by atoms with Crippen molar-refractivity contribution in [3.05, 3.63) is 113 Å². The molecule has 7 rings (SSSR count). The second-order valence-electron chi connectivity index (χ2n) is 10.1. The Morgan fingerprint density at radius 1 is 0.878 bits per heavy atom. The number of fused-ring (bicyclic) bond motifs is 2. The van der Waals surface area contributed by atoms with Gasteiger partial charge >= 0.3 is 0 Å². The van der Waals surface area contributed by atoms with E-state index in [0.717, 1.165) is 37.0 Å². The first-order chi connectivity index (χ1) is 20.0. The van der Waals surface area contributed by atoms with Gasteiger partial charge in [-0.2, -0.15) is 10.2 Å². The third-order valence-corrected chi connectivity index (χ3v) is 8.17. The third-order valence-electron chi connectivity index (χ3n) is 7.67. The molecule has 9 nitrogen and oxygen atoms in total. The van der Waals surface area contributed by atoms with Gasteiger partial charge in [0.15, 0.2) is 12.1 Å². The van der Waals surface area contributed by atoms with Gasteiger partial charge in [-0.15, -0.1) is 0 Å². The minimum Gasteiger partial charge on any atom is -0.271 e.